The molecule has 1 aliphatic rings. The zero-order chi connectivity index (χ0) is 14.4. The summed E-state index contributed by atoms with van der Waals surface area (Å²) in [6.45, 7) is 2.85. The van der Waals surface area contributed by atoms with E-state index in [4.69, 9.17) is 0 Å². The van der Waals surface area contributed by atoms with E-state index in [2.05, 4.69) is 5.32 Å². The fourth-order valence-electron chi connectivity index (χ4n) is 3.04. The lowest BCUT2D eigenvalue weighted by Gasteiger charge is -2.21. The lowest BCUT2D eigenvalue weighted by atomic mass is 9.87. The molecule has 0 spiro atoms. The first-order valence-corrected chi connectivity index (χ1v) is 7.72. The van der Waals surface area contributed by atoms with Crippen LogP contribution in [-0.2, 0) is 6.42 Å². The van der Waals surface area contributed by atoms with Crippen molar-refractivity contribution < 1.29 is 4.92 Å². The maximum Gasteiger partial charge on any atom is 0.274 e. The fourth-order valence-corrected chi connectivity index (χ4v) is 3.04. The molecule has 0 atom stereocenters. The van der Waals surface area contributed by atoms with Gasteiger partial charge in [-0.1, -0.05) is 45.1 Å². The van der Waals surface area contributed by atoms with Crippen molar-refractivity contribution in [2.45, 2.75) is 51.9 Å². The predicted molar refractivity (Wildman–Crippen MR) is 82.2 cm³/mol. The number of nitro groups is 1. The molecule has 1 fully saturated rings. The number of anilines is 1. The van der Waals surface area contributed by atoms with Gasteiger partial charge in [0.25, 0.3) is 5.69 Å². The average Bonchev–Trinajstić information content (AvgIpc) is 2.48. The zero-order valence-electron chi connectivity index (χ0n) is 12.2. The Morgan fingerprint density at radius 1 is 1.30 bits per heavy atom. The minimum Gasteiger partial charge on any atom is -0.385 e. The van der Waals surface area contributed by atoms with Crippen molar-refractivity contribution in [3.05, 3.63) is 33.9 Å². The van der Waals surface area contributed by atoms with E-state index >= 15 is 0 Å². The van der Waals surface area contributed by atoms with Gasteiger partial charge in [-0.25, -0.2) is 0 Å². The van der Waals surface area contributed by atoms with E-state index in [9.17, 15) is 10.1 Å². The van der Waals surface area contributed by atoms with Gasteiger partial charge in [-0.2, -0.15) is 0 Å². The summed E-state index contributed by atoms with van der Waals surface area (Å²) >= 11 is 0. The topological polar surface area (TPSA) is 55.2 Å². The Morgan fingerprint density at radius 2 is 2.05 bits per heavy atom. The van der Waals surface area contributed by atoms with Crippen LogP contribution in [0.15, 0.2) is 18.2 Å². The third-order valence-corrected chi connectivity index (χ3v) is 4.27. The zero-order valence-corrected chi connectivity index (χ0v) is 12.2. The lowest BCUT2D eigenvalue weighted by molar-refractivity contribution is -0.385. The van der Waals surface area contributed by atoms with Crippen molar-refractivity contribution in [3.63, 3.8) is 0 Å². The van der Waals surface area contributed by atoms with Crippen molar-refractivity contribution in [2.24, 2.45) is 5.92 Å². The summed E-state index contributed by atoms with van der Waals surface area (Å²) in [5.74, 6) is 0.834. The van der Waals surface area contributed by atoms with Crippen molar-refractivity contribution in [1.29, 1.82) is 0 Å². The first-order valence-electron chi connectivity index (χ1n) is 7.72. The minimum atomic E-state index is -0.287. The highest BCUT2D eigenvalue weighted by atomic mass is 16.6. The molecule has 0 saturated heterocycles. The summed E-state index contributed by atoms with van der Waals surface area (Å²) in [6, 6.07) is 5.48. The van der Waals surface area contributed by atoms with Crippen molar-refractivity contribution in [2.75, 3.05) is 11.9 Å². The smallest absolute Gasteiger partial charge is 0.274 e. The van der Waals surface area contributed by atoms with Gasteiger partial charge in [0.15, 0.2) is 0 Å². The van der Waals surface area contributed by atoms with Crippen LogP contribution in [0.1, 0.15) is 51.0 Å². The Hall–Kier alpha value is -1.58. The van der Waals surface area contributed by atoms with E-state index < -0.39 is 0 Å². The summed E-state index contributed by atoms with van der Waals surface area (Å²) in [5, 5.41) is 14.4. The van der Waals surface area contributed by atoms with Crippen molar-refractivity contribution in [3.8, 4) is 0 Å². The number of nitrogens with one attached hydrogen (secondary N) is 1. The Bertz CT molecular complexity index is 454. The summed E-state index contributed by atoms with van der Waals surface area (Å²) in [5.41, 5.74) is 1.90. The molecule has 0 bridgehead atoms. The molecule has 1 aromatic rings. The molecule has 1 saturated carbocycles. The van der Waals surface area contributed by atoms with Gasteiger partial charge in [0.1, 0.15) is 0 Å². The molecule has 0 amide bonds. The normalized spacial score (nSPS) is 16.1. The first kappa shape index (κ1) is 14.8. The second-order valence-corrected chi connectivity index (χ2v) is 5.67. The van der Waals surface area contributed by atoms with Crippen LogP contribution in [0.3, 0.4) is 0 Å². The van der Waals surface area contributed by atoms with Crippen LogP contribution >= 0.6 is 0 Å². The standard InChI is InChI=1S/C16H24N2O2/c1-2-14-8-9-15(12-16(14)18(19)20)17-11-10-13-6-4-3-5-7-13/h8-9,12-13,17H,2-7,10-11H2,1H3. The van der Waals surface area contributed by atoms with E-state index in [0.29, 0.717) is 6.42 Å². The largest absolute Gasteiger partial charge is 0.385 e. The number of hydrogen-bond donors (Lipinski definition) is 1. The molecule has 4 nitrogen and oxygen atoms in total. The molecule has 20 heavy (non-hydrogen) atoms. The molecule has 0 heterocycles. The maximum atomic E-state index is 11.0. The Kier molecular flexibility index (Phi) is 5.39. The number of rotatable bonds is 6. The number of aryl methyl sites for hydroxylation is 1. The van der Waals surface area contributed by atoms with Crippen LogP contribution in [0.5, 0.6) is 0 Å². The fraction of sp³-hybridized carbons (Fsp3) is 0.625. The first-order chi connectivity index (χ1) is 9.70. The predicted octanol–water partition coefficient (Wildman–Crippen LogP) is 4.54. The van der Waals surface area contributed by atoms with Gasteiger partial charge >= 0.3 is 0 Å². The molecule has 0 aliphatic heterocycles. The molecule has 4 heteroatoms. The van der Waals surface area contributed by atoms with Crippen LogP contribution in [0.2, 0.25) is 0 Å². The van der Waals surface area contributed by atoms with E-state index in [1.807, 2.05) is 19.1 Å². The van der Waals surface area contributed by atoms with E-state index in [-0.39, 0.29) is 10.6 Å². The second-order valence-electron chi connectivity index (χ2n) is 5.67. The molecule has 2 rings (SSSR count). The Morgan fingerprint density at radius 3 is 2.70 bits per heavy atom. The van der Waals surface area contributed by atoms with Crippen LogP contribution in [-0.4, -0.2) is 11.5 Å². The van der Waals surface area contributed by atoms with Crippen LogP contribution in [0.4, 0.5) is 11.4 Å². The number of nitrogens with zero attached hydrogens (tertiary/aromatic N) is 1. The molecule has 1 aliphatic carbocycles. The quantitative estimate of drug-likeness (QED) is 0.613. The molecule has 110 valence electrons. The number of hydrogen-bond acceptors (Lipinski definition) is 3. The Balaban J connectivity index is 1.89. The van der Waals surface area contributed by atoms with Crippen LogP contribution < -0.4 is 5.32 Å². The summed E-state index contributed by atoms with van der Waals surface area (Å²) in [4.78, 5) is 10.7. The highest BCUT2D eigenvalue weighted by Gasteiger charge is 2.14. The molecule has 0 radical (unpaired) electrons. The third kappa shape index (κ3) is 3.95. The minimum absolute atomic E-state index is 0.232. The van der Waals surface area contributed by atoms with E-state index in [1.54, 1.807) is 6.07 Å². The van der Waals surface area contributed by atoms with Crippen molar-refractivity contribution >= 4 is 11.4 Å². The number of nitro benzene ring substituents is 1. The number of benzene rings is 1. The molecule has 0 unspecified atom stereocenters. The highest BCUT2D eigenvalue weighted by Crippen LogP contribution is 2.27. The van der Waals surface area contributed by atoms with Gasteiger partial charge in [0.05, 0.1) is 4.92 Å². The average molecular weight is 276 g/mol. The van der Waals surface area contributed by atoms with E-state index in [1.165, 1.54) is 38.5 Å². The third-order valence-electron chi connectivity index (χ3n) is 4.27. The maximum absolute atomic E-state index is 11.0. The van der Waals surface area contributed by atoms with Gasteiger partial charge in [-0.15, -0.1) is 0 Å². The van der Waals surface area contributed by atoms with E-state index in [0.717, 1.165) is 23.7 Å². The van der Waals surface area contributed by atoms with Gasteiger partial charge in [-0.05, 0) is 24.8 Å². The van der Waals surface area contributed by atoms with Gasteiger partial charge in [0.2, 0.25) is 0 Å². The van der Waals surface area contributed by atoms with Crippen LogP contribution in [0.25, 0.3) is 0 Å². The Labute approximate surface area is 120 Å². The van der Waals surface area contributed by atoms with Crippen LogP contribution in [0, 0.1) is 16.0 Å². The summed E-state index contributed by atoms with van der Waals surface area (Å²) < 4.78 is 0. The SMILES string of the molecule is CCc1ccc(NCCC2CCCCC2)cc1[N+](=O)[O-]. The van der Waals surface area contributed by atoms with Gasteiger partial charge < -0.3 is 5.32 Å². The molecular formula is C16H24N2O2. The molecule has 1 aromatic carbocycles. The second kappa shape index (κ2) is 7.27. The van der Waals surface area contributed by atoms with Gasteiger partial charge in [0, 0.05) is 23.9 Å². The monoisotopic (exact) mass is 276 g/mol. The van der Waals surface area contributed by atoms with Gasteiger partial charge in [-0.3, -0.25) is 10.1 Å². The van der Waals surface area contributed by atoms with Crippen molar-refractivity contribution in [1.82, 2.24) is 0 Å². The highest BCUT2D eigenvalue weighted by molar-refractivity contribution is 5.55. The summed E-state index contributed by atoms with van der Waals surface area (Å²) in [6.07, 6.45) is 8.66. The summed E-state index contributed by atoms with van der Waals surface area (Å²) in [7, 11) is 0. The lowest BCUT2D eigenvalue weighted by Crippen LogP contribution is -2.12. The molecular weight excluding hydrogens is 252 g/mol. The molecule has 0 aromatic heterocycles. The molecule has 1 N–H and O–H groups in total.